The Morgan fingerprint density at radius 1 is 1.57 bits per heavy atom. The second-order valence-electron chi connectivity index (χ2n) is 3.63. The Labute approximate surface area is 131 Å². The second kappa shape index (κ2) is 7.55. The molecule has 23 heavy (non-hydrogen) atoms. The molecule has 0 atom stereocenters. The number of aromatic amines is 1. The summed E-state index contributed by atoms with van der Waals surface area (Å²) in [5.41, 5.74) is 4.86. The summed E-state index contributed by atoms with van der Waals surface area (Å²) >= 11 is 0. The van der Waals surface area contributed by atoms with Gasteiger partial charge in [-0.25, -0.2) is 9.78 Å². The number of carboxylic acid groups (broad SMARTS) is 1. The molecule has 0 saturated heterocycles. The maximum Gasteiger partial charge on any atom is 0.490 e. The van der Waals surface area contributed by atoms with Crippen LogP contribution in [0.2, 0.25) is 0 Å². The monoisotopic (exact) mass is 343 g/mol. The van der Waals surface area contributed by atoms with E-state index in [4.69, 9.17) is 26.2 Å². The number of hydrogen-bond donors (Lipinski definition) is 4. The van der Waals surface area contributed by atoms with Crippen LogP contribution in [0.4, 0.5) is 19.1 Å². The first-order valence-corrected chi connectivity index (χ1v) is 5.43. The van der Waals surface area contributed by atoms with Crippen LogP contribution in [0.15, 0.2) is 11.1 Å². The fourth-order valence-electron chi connectivity index (χ4n) is 1.20. The Morgan fingerprint density at radius 3 is 2.70 bits per heavy atom. The number of halogens is 3. The molecular weight excluding hydrogens is 327 g/mol. The van der Waals surface area contributed by atoms with Gasteiger partial charge >= 0.3 is 12.1 Å². The topological polar surface area (TPSA) is 156 Å². The van der Waals surface area contributed by atoms with Gasteiger partial charge in [0.25, 0.3) is 5.56 Å². The van der Waals surface area contributed by atoms with Gasteiger partial charge in [-0.15, -0.1) is 0 Å². The molecule has 0 spiro atoms. The van der Waals surface area contributed by atoms with Gasteiger partial charge in [-0.05, 0) is 0 Å². The van der Waals surface area contributed by atoms with Gasteiger partial charge < -0.3 is 20.7 Å². The molecule has 2 rings (SSSR count). The molecule has 0 saturated carbocycles. The van der Waals surface area contributed by atoms with Crippen molar-refractivity contribution in [2.75, 3.05) is 18.9 Å². The van der Waals surface area contributed by atoms with Gasteiger partial charge in [0.2, 0.25) is 5.95 Å². The van der Waals surface area contributed by atoms with E-state index in [1.54, 1.807) is 0 Å². The van der Waals surface area contributed by atoms with Crippen LogP contribution in [0.1, 0.15) is 5.48 Å². The number of imidazole rings is 1. The lowest BCUT2D eigenvalue weighted by Gasteiger charge is -2.03. The maximum atomic E-state index is 11.5. The number of carbonyl (C=O) groups is 1. The number of aliphatic carboxylic acids is 1. The number of hydrogen-bond acceptors (Lipinski definition) is 7. The van der Waals surface area contributed by atoms with Crippen LogP contribution in [0.3, 0.4) is 0 Å². The molecule has 2 aromatic rings. The number of alkyl halides is 3. The first-order valence-electron chi connectivity index (χ1n) is 7.43. The summed E-state index contributed by atoms with van der Waals surface area (Å²) in [6, 6.07) is 0. The number of carboxylic acids is 1. The average molecular weight is 343 g/mol. The first kappa shape index (κ1) is 12.8. The minimum absolute atomic E-state index is 0.0182. The van der Waals surface area contributed by atoms with E-state index in [0.717, 1.165) is 10.9 Å². The van der Waals surface area contributed by atoms with Crippen LogP contribution in [0.25, 0.3) is 11.2 Å². The van der Waals surface area contributed by atoms with Crippen molar-refractivity contribution >= 4 is 23.1 Å². The van der Waals surface area contributed by atoms with Crippen molar-refractivity contribution in [2.24, 2.45) is 0 Å². The van der Waals surface area contributed by atoms with Gasteiger partial charge in [-0.3, -0.25) is 14.3 Å². The number of anilines is 1. The van der Waals surface area contributed by atoms with Crippen molar-refractivity contribution in [3.05, 3.63) is 16.7 Å². The number of aromatic nitrogens is 4. The summed E-state index contributed by atoms with van der Waals surface area (Å²) < 4.78 is 65.9. The van der Waals surface area contributed by atoms with Crippen LogP contribution in [-0.2, 0) is 16.3 Å². The maximum absolute atomic E-state index is 11.5. The molecule has 0 aliphatic carbocycles. The van der Waals surface area contributed by atoms with Crippen LogP contribution in [0.5, 0.6) is 0 Å². The minimum Gasteiger partial charge on any atom is -0.475 e. The van der Waals surface area contributed by atoms with E-state index >= 15 is 0 Å². The summed E-state index contributed by atoms with van der Waals surface area (Å²) in [6.45, 7) is -6.65. The van der Waals surface area contributed by atoms with Crippen molar-refractivity contribution in [1.82, 2.24) is 19.5 Å². The van der Waals surface area contributed by atoms with Gasteiger partial charge in [0.15, 0.2) is 11.2 Å². The van der Waals surface area contributed by atoms with E-state index in [2.05, 4.69) is 19.7 Å². The van der Waals surface area contributed by atoms with Gasteiger partial charge in [0, 0.05) is 0 Å². The smallest absolute Gasteiger partial charge is 0.475 e. The number of ether oxygens (including phenoxy) is 1. The fourth-order valence-corrected chi connectivity index (χ4v) is 1.20. The van der Waals surface area contributed by atoms with Crippen LogP contribution < -0.4 is 11.3 Å². The number of nitrogens with two attached hydrogens (primary N) is 1. The molecule has 128 valence electrons. The number of fused-ring (bicyclic) bond motifs is 1. The fraction of sp³-hybridized carbons (Fsp3) is 0.400. The summed E-state index contributed by atoms with van der Waals surface area (Å²) in [6.07, 6.45) is -3.92. The molecule has 10 nitrogen and oxygen atoms in total. The number of aliphatic hydroxyl groups is 1. The van der Waals surface area contributed by atoms with E-state index < -0.39 is 37.6 Å². The highest BCUT2D eigenvalue weighted by Gasteiger charge is 2.38. The predicted molar refractivity (Wildman–Crippen MR) is 69.3 cm³/mol. The number of H-pyrrole nitrogens is 1. The standard InChI is InChI=1S/C8H11N5O3.C2HF3O2/c9-8-11-6-5(7(15)12-8)10-3-13(6)4-16-2-1-14;3-2(4,5)1(6)7/h3,14H,1-2,4H2,(H3,9,11,12,15);(H,6,7)/i1D2,2D2;. The molecule has 2 heterocycles. The van der Waals surface area contributed by atoms with E-state index in [0.29, 0.717) is 0 Å². The largest absolute Gasteiger partial charge is 0.490 e. The third-order valence-corrected chi connectivity index (χ3v) is 2.06. The van der Waals surface area contributed by atoms with E-state index in [1.807, 2.05) is 0 Å². The molecule has 0 bridgehead atoms. The lowest BCUT2D eigenvalue weighted by atomic mass is 10.5. The van der Waals surface area contributed by atoms with E-state index in [1.165, 1.54) is 0 Å². The second-order valence-corrected chi connectivity index (χ2v) is 3.63. The Kier molecular flexibility index (Phi) is 4.21. The van der Waals surface area contributed by atoms with Crippen molar-refractivity contribution in [3.63, 3.8) is 0 Å². The molecular formula is C10H12F3N5O5. The zero-order valence-electron chi connectivity index (χ0n) is 15.0. The lowest BCUT2D eigenvalue weighted by Crippen LogP contribution is -2.21. The number of rotatable bonds is 4. The quantitative estimate of drug-likeness (QED) is 0.568. The van der Waals surface area contributed by atoms with Crippen LogP contribution in [0, 0.1) is 0 Å². The Balaban J connectivity index is 0.000000445. The predicted octanol–water partition coefficient (Wildman–Crippen LogP) is -0.698. The molecule has 0 unspecified atom stereocenters. The number of nitrogens with one attached hydrogen (secondary N) is 1. The first-order chi connectivity index (χ1) is 12.1. The molecule has 13 heteroatoms. The molecule has 0 radical (unpaired) electrons. The summed E-state index contributed by atoms with van der Waals surface area (Å²) in [5.74, 6) is -2.91. The molecule has 0 amide bonds. The Hall–Kier alpha value is -2.67. The van der Waals surface area contributed by atoms with E-state index in [9.17, 15) is 18.0 Å². The van der Waals surface area contributed by atoms with E-state index in [-0.39, 0.29) is 17.1 Å². The normalized spacial score (nSPS) is 15.0. The van der Waals surface area contributed by atoms with Crippen LogP contribution in [-0.4, -0.2) is 55.0 Å². The van der Waals surface area contributed by atoms with Crippen molar-refractivity contribution in [2.45, 2.75) is 12.9 Å². The van der Waals surface area contributed by atoms with Crippen molar-refractivity contribution in [1.29, 1.82) is 0 Å². The minimum atomic E-state index is -5.08. The SMILES string of the molecule is O=C(O)C(F)(F)F.[2H]C([2H])(O)C([2H])([2H])OCn1cnc2c(=O)[nH]c(N)nc21. The Bertz CT molecular complexity index is 879. The lowest BCUT2D eigenvalue weighted by molar-refractivity contribution is -0.192. The number of nitrogen functional groups attached to an aromatic ring is 1. The van der Waals surface area contributed by atoms with Gasteiger partial charge in [0.05, 0.1) is 24.9 Å². The molecule has 5 N–H and O–H groups in total. The van der Waals surface area contributed by atoms with Crippen molar-refractivity contribution < 1.29 is 38.4 Å². The summed E-state index contributed by atoms with van der Waals surface area (Å²) in [5, 5.41) is 16.1. The average Bonchev–Trinajstić information content (AvgIpc) is 2.87. The highest BCUT2D eigenvalue weighted by molar-refractivity contribution is 5.73. The highest BCUT2D eigenvalue weighted by atomic mass is 19.4. The zero-order valence-corrected chi connectivity index (χ0v) is 11.0. The molecule has 0 fully saturated rings. The summed E-state index contributed by atoms with van der Waals surface area (Å²) in [4.78, 5) is 30.2. The molecule has 0 aliphatic heterocycles. The van der Waals surface area contributed by atoms with Crippen molar-refractivity contribution in [3.8, 4) is 0 Å². The zero-order chi connectivity index (χ0) is 21.2. The third-order valence-electron chi connectivity index (χ3n) is 2.06. The Morgan fingerprint density at radius 2 is 2.17 bits per heavy atom. The molecule has 2 aromatic heterocycles. The third kappa shape index (κ3) is 5.23. The summed E-state index contributed by atoms with van der Waals surface area (Å²) in [7, 11) is 0. The van der Waals surface area contributed by atoms with Crippen LogP contribution >= 0.6 is 0 Å². The number of nitrogens with zero attached hydrogens (tertiary/aromatic N) is 3. The molecule has 0 aromatic carbocycles. The van der Waals surface area contributed by atoms with Gasteiger partial charge in [-0.1, -0.05) is 0 Å². The van der Waals surface area contributed by atoms with Gasteiger partial charge in [0.1, 0.15) is 6.73 Å². The van der Waals surface area contributed by atoms with Gasteiger partial charge in [-0.2, -0.15) is 18.2 Å². The molecule has 0 aliphatic rings. The highest BCUT2D eigenvalue weighted by Crippen LogP contribution is 2.13.